The van der Waals surface area contributed by atoms with Crippen LogP contribution in [0.3, 0.4) is 0 Å². The molecular weight excluding hydrogens is 328 g/mol. The van der Waals surface area contributed by atoms with Crippen LogP contribution in [-0.2, 0) is 6.54 Å². The number of aromatic nitrogens is 2. The van der Waals surface area contributed by atoms with Crippen molar-refractivity contribution < 1.29 is 9.53 Å². The first-order valence-electron chi connectivity index (χ1n) is 8.21. The van der Waals surface area contributed by atoms with E-state index >= 15 is 0 Å². The summed E-state index contributed by atoms with van der Waals surface area (Å²) in [7, 11) is 1.64. The summed E-state index contributed by atoms with van der Waals surface area (Å²) in [5, 5.41) is 5.97. The molecule has 0 saturated heterocycles. The largest absolute Gasteiger partial charge is 0.496 e. The fourth-order valence-electron chi connectivity index (χ4n) is 2.40. The minimum absolute atomic E-state index is 0.258. The van der Waals surface area contributed by atoms with Crippen molar-refractivity contribution in [3.63, 3.8) is 0 Å². The van der Waals surface area contributed by atoms with E-state index in [-0.39, 0.29) is 11.6 Å². The molecule has 0 fully saturated rings. The van der Waals surface area contributed by atoms with E-state index in [1.807, 2.05) is 55.5 Å². The first kappa shape index (κ1) is 17.4. The van der Waals surface area contributed by atoms with Crippen molar-refractivity contribution in [3.8, 4) is 5.75 Å². The first-order chi connectivity index (χ1) is 12.7. The summed E-state index contributed by atoms with van der Waals surface area (Å²) in [6.45, 7) is 2.54. The number of benzene rings is 2. The van der Waals surface area contributed by atoms with Gasteiger partial charge in [-0.25, -0.2) is 9.97 Å². The van der Waals surface area contributed by atoms with Crippen LogP contribution in [0.5, 0.6) is 5.75 Å². The van der Waals surface area contributed by atoms with Gasteiger partial charge in [0.05, 0.1) is 19.5 Å². The molecule has 1 heterocycles. The van der Waals surface area contributed by atoms with E-state index in [1.165, 1.54) is 6.20 Å². The molecule has 6 heteroatoms. The molecule has 0 aliphatic rings. The van der Waals surface area contributed by atoms with Crippen molar-refractivity contribution >= 4 is 17.4 Å². The summed E-state index contributed by atoms with van der Waals surface area (Å²) >= 11 is 0. The highest BCUT2D eigenvalue weighted by Crippen LogP contribution is 2.18. The van der Waals surface area contributed by atoms with Gasteiger partial charge in [-0.05, 0) is 25.1 Å². The molecule has 1 amide bonds. The van der Waals surface area contributed by atoms with Gasteiger partial charge >= 0.3 is 0 Å². The molecule has 132 valence electrons. The Bertz CT molecular complexity index is 877. The molecule has 0 saturated carbocycles. The van der Waals surface area contributed by atoms with Gasteiger partial charge in [-0.1, -0.05) is 35.9 Å². The molecule has 0 bridgehead atoms. The van der Waals surface area contributed by atoms with Crippen molar-refractivity contribution in [2.24, 2.45) is 0 Å². The molecule has 0 spiro atoms. The van der Waals surface area contributed by atoms with Gasteiger partial charge in [-0.15, -0.1) is 0 Å². The van der Waals surface area contributed by atoms with Crippen molar-refractivity contribution in [1.82, 2.24) is 9.97 Å². The number of nitrogens with one attached hydrogen (secondary N) is 2. The highest BCUT2D eigenvalue weighted by Gasteiger charge is 2.09. The van der Waals surface area contributed by atoms with Crippen LogP contribution in [0.1, 0.15) is 21.6 Å². The van der Waals surface area contributed by atoms with E-state index in [1.54, 1.807) is 13.3 Å². The van der Waals surface area contributed by atoms with Gasteiger partial charge in [0.1, 0.15) is 17.3 Å². The van der Waals surface area contributed by atoms with Gasteiger partial charge in [0.25, 0.3) is 5.91 Å². The average Bonchev–Trinajstić information content (AvgIpc) is 2.68. The van der Waals surface area contributed by atoms with Crippen LogP contribution >= 0.6 is 0 Å². The Morgan fingerprint density at radius 3 is 2.50 bits per heavy atom. The molecule has 0 unspecified atom stereocenters. The van der Waals surface area contributed by atoms with Crippen LogP contribution in [0.15, 0.2) is 60.9 Å². The molecule has 0 aliphatic carbocycles. The summed E-state index contributed by atoms with van der Waals surface area (Å²) in [5.41, 5.74) is 3.13. The summed E-state index contributed by atoms with van der Waals surface area (Å²) in [4.78, 5) is 20.7. The zero-order chi connectivity index (χ0) is 18.4. The summed E-state index contributed by atoms with van der Waals surface area (Å²) < 4.78 is 5.32. The lowest BCUT2D eigenvalue weighted by Crippen LogP contribution is -2.14. The van der Waals surface area contributed by atoms with Crippen molar-refractivity contribution in [3.05, 3.63) is 77.7 Å². The van der Waals surface area contributed by atoms with Gasteiger partial charge in [0.15, 0.2) is 0 Å². The van der Waals surface area contributed by atoms with E-state index in [2.05, 4.69) is 20.6 Å². The standard InChI is InChI=1S/C20H20N4O2/c1-14-7-9-16(10-8-14)24-20(25)17-12-23-19(13-21-17)22-11-15-5-3-4-6-18(15)26-2/h3-10,12-13H,11H2,1-2H3,(H,22,23)(H,24,25). The zero-order valence-corrected chi connectivity index (χ0v) is 14.7. The Balaban J connectivity index is 1.61. The number of rotatable bonds is 6. The fourth-order valence-corrected chi connectivity index (χ4v) is 2.40. The molecule has 2 N–H and O–H groups in total. The number of aryl methyl sites for hydroxylation is 1. The second kappa shape index (κ2) is 8.11. The number of para-hydroxylation sites is 1. The third-order valence-corrected chi connectivity index (χ3v) is 3.85. The summed E-state index contributed by atoms with van der Waals surface area (Å²) in [5.74, 6) is 1.10. The highest BCUT2D eigenvalue weighted by molar-refractivity contribution is 6.02. The molecule has 6 nitrogen and oxygen atoms in total. The van der Waals surface area contributed by atoms with Gasteiger partial charge in [-0.3, -0.25) is 4.79 Å². The first-order valence-corrected chi connectivity index (χ1v) is 8.21. The van der Waals surface area contributed by atoms with Gasteiger partial charge < -0.3 is 15.4 Å². The number of methoxy groups -OCH3 is 1. The third kappa shape index (κ3) is 4.36. The molecule has 3 rings (SSSR count). The second-order valence-corrected chi connectivity index (χ2v) is 5.77. The van der Waals surface area contributed by atoms with E-state index < -0.39 is 0 Å². The monoisotopic (exact) mass is 348 g/mol. The fraction of sp³-hybridized carbons (Fsp3) is 0.150. The van der Waals surface area contributed by atoms with Crippen molar-refractivity contribution in [2.45, 2.75) is 13.5 Å². The quantitative estimate of drug-likeness (QED) is 0.711. The maximum atomic E-state index is 12.2. The maximum absolute atomic E-state index is 12.2. The van der Waals surface area contributed by atoms with Gasteiger partial charge in [0, 0.05) is 17.8 Å². The molecule has 2 aromatic carbocycles. The SMILES string of the molecule is COc1ccccc1CNc1cnc(C(=O)Nc2ccc(C)cc2)cn1. The molecule has 1 aromatic heterocycles. The van der Waals surface area contributed by atoms with E-state index in [9.17, 15) is 4.79 Å². The molecule has 3 aromatic rings. The number of carbonyl (C=O) groups is 1. The highest BCUT2D eigenvalue weighted by atomic mass is 16.5. The van der Waals surface area contributed by atoms with Crippen molar-refractivity contribution in [2.75, 3.05) is 17.7 Å². The van der Waals surface area contributed by atoms with Crippen molar-refractivity contribution in [1.29, 1.82) is 0 Å². The Morgan fingerprint density at radius 1 is 1.04 bits per heavy atom. The number of nitrogens with zero attached hydrogens (tertiary/aromatic N) is 2. The summed E-state index contributed by atoms with van der Waals surface area (Å²) in [6.07, 6.45) is 2.99. The minimum Gasteiger partial charge on any atom is -0.496 e. The number of carbonyl (C=O) groups excluding carboxylic acids is 1. The lowest BCUT2D eigenvalue weighted by atomic mass is 10.2. The topological polar surface area (TPSA) is 76.1 Å². The molecule has 0 atom stereocenters. The minimum atomic E-state index is -0.294. The summed E-state index contributed by atoms with van der Waals surface area (Å²) in [6, 6.07) is 15.3. The van der Waals surface area contributed by atoms with E-state index in [0.29, 0.717) is 12.4 Å². The lowest BCUT2D eigenvalue weighted by Gasteiger charge is -2.10. The van der Waals surface area contributed by atoms with Crippen LogP contribution in [0.2, 0.25) is 0 Å². The molecular formula is C20H20N4O2. The normalized spacial score (nSPS) is 10.2. The Hall–Kier alpha value is -3.41. The Kier molecular flexibility index (Phi) is 5.43. The lowest BCUT2D eigenvalue weighted by molar-refractivity contribution is 0.102. The zero-order valence-electron chi connectivity index (χ0n) is 14.7. The molecule has 0 radical (unpaired) electrons. The number of hydrogen-bond donors (Lipinski definition) is 2. The molecule has 0 aliphatic heterocycles. The predicted octanol–water partition coefficient (Wildman–Crippen LogP) is 3.66. The maximum Gasteiger partial charge on any atom is 0.275 e. The molecule has 26 heavy (non-hydrogen) atoms. The number of hydrogen-bond acceptors (Lipinski definition) is 5. The van der Waals surface area contributed by atoms with Crippen LogP contribution in [0, 0.1) is 6.92 Å². The second-order valence-electron chi connectivity index (χ2n) is 5.77. The van der Waals surface area contributed by atoms with E-state index in [4.69, 9.17) is 4.74 Å². The van der Waals surface area contributed by atoms with Gasteiger partial charge in [0.2, 0.25) is 0 Å². The van der Waals surface area contributed by atoms with Crippen LogP contribution in [-0.4, -0.2) is 23.0 Å². The average molecular weight is 348 g/mol. The Labute approximate surface area is 152 Å². The number of ether oxygens (including phenoxy) is 1. The smallest absolute Gasteiger partial charge is 0.275 e. The Morgan fingerprint density at radius 2 is 1.81 bits per heavy atom. The predicted molar refractivity (Wildman–Crippen MR) is 101 cm³/mol. The van der Waals surface area contributed by atoms with Crippen LogP contribution in [0.25, 0.3) is 0 Å². The third-order valence-electron chi connectivity index (χ3n) is 3.85. The number of anilines is 2. The number of amides is 1. The van der Waals surface area contributed by atoms with Crippen LogP contribution in [0.4, 0.5) is 11.5 Å². The van der Waals surface area contributed by atoms with Crippen LogP contribution < -0.4 is 15.4 Å². The van der Waals surface area contributed by atoms with E-state index in [0.717, 1.165) is 22.6 Å². The van der Waals surface area contributed by atoms with Gasteiger partial charge in [-0.2, -0.15) is 0 Å².